The number of hydrogen-bond donors (Lipinski definition) is 1. The Hall–Kier alpha value is -2.43. The lowest BCUT2D eigenvalue weighted by Crippen LogP contribution is -2.03. The minimum Gasteiger partial charge on any atom is -0.465 e. The molecular formula is C14H13FN2O2. The molecule has 19 heavy (non-hydrogen) atoms. The van der Waals surface area contributed by atoms with Gasteiger partial charge in [0.05, 0.1) is 24.6 Å². The minimum atomic E-state index is -0.506. The van der Waals surface area contributed by atoms with Gasteiger partial charge in [-0.2, -0.15) is 4.39 Å². The number of aromatic nitrogens is 1. The van der Waals surface area contributed by atoms with Gasteiger partial charge >= 0.3 is 5.97 Å². The smallest absolute Gasteiger partial charge is 0.337 e. The molecule has 0 fully saturated rings. The fourth-order valence-corrected chi connectivity index (χ4v) is 1.56. The summed E-state index contributed by atoms with van der Waals surface area (Å²) in [6.07, 6.45) is 1.43. The van der Waals surface area contributed by atoms with Crippen LogP contribution in [-0.4, -0.2) is 18.1 Å². The maximum Gasteiger partial charge on any atom is 0.337 e. The molecule has 0 aliphatic carbocycles. The lowest BCUT2D eigenvalue weighted by molar-refractivity contribution is 0.0600. The molecule has 1 N–H and O–H groups in total. The predicted molar refractivity (Wildman–Crippen MR) is 69.3 cm³/mol. The SMILES string of the molecule is COC(=O)c1ccc(CNc2ccc(F)nc2)cc1. The Labute approximate surface area is 110 Å². The highest BCUT2D eigenvalue weighted by molar-refractivity contribution is 5.89. The molecule has 1 aromatic carbocycles. The van der Waals surface area contributed by atoms with Crippen molar-refractivity contribution in [3.8, 4) is 0 Å². The zero-order valence-corrected chi connectivity index (χ0v) is 10.4. The van der Waals surface area contributed by atoms with E-state index in [-0.39, 0.29) is 5.97 Å². The van der Waals surface area contributed by atoms with Crippen LogP contribution < -0.4 is 5.32 Å². The van der Waals surface area contributed by atoms with Gasteiger partial charge in [0.15, 0.2) is 0 Å². The van der Waals surface area contributed by atoms with Crippen LogP contribution in [-0.2, 0) is 11.3 Å². The first-order chi connectivity index (χ1) is 9.19. The van der Waals surface area contributed by atoms with Crippen LogP contribution >= 0.6 is 0 Å². The molecule has 98 valence electrons. The Morgan fingerprint density at radius 1 is 1.26 bits per heavy atom. The first kappa shape index (κ1) is 13.0. The minimum absolute atomic E-state index is 0.359. The van der Waals surface area contributed by atoms with E-state index in [0.717, 1.165) is 11.3 Å². The van der Waals surface area contributed by atoms with Crippen molar-refractivity contribution in [2.45, 2.75) is 6.54 Å². The van der Waals surface area contributed by atoms with Crippen LogP contribution in [0.3, 0.4) is 0 Å². The number of methoxy groups -OCH3 is 1. The summed E-state index contributed by atoms with van der Waals surface area (Å²) in [5, 5.41) is 3.11. The van der Waals surface area contributed by atoms with Crippen LogP contribution in [0.2, 0.25) is 0 Å². The van der Waals surface area contributed by atoms with Gasteiger partial charge in [-0.05, 0) is 29.8 Å². The Morgan fingerprint density at radius 3 is 2.58 bits per heavy atom. The molecule has 0 atom stereocenters. The molecule has 0 saturated carbocycles. The van der Waals surface area contributed by atoms with Crippen LogP contribution in [0.5, 0.6) is 0 Å². The Morgan fingerprint density at radius 2 is 2.00 bits per heavy atom. The Bertz CT molecular complexity index is 553. The average molecular weight is 260 g/mol. The van der Waals surface area contributed by atoms with Crippen LogP contribution in [0, 0.1) is 5.95 Å². The van der Waals surface area contributed by atoms with Crippen molar-refractivity contribution in [3.05, 3.63) is 59.7 Å². The van der Waals surface area contributed by atoms with Gasteiger partial charge in [-0.1, -0.05) is 12.1 Å². The number of nitrogens with zero attached hydrogens (tertiary/aromatic N) is 1. The molecule has 0 spiro atoms. The van der Waals surface area contributed by atoms with Gasteiger partial charge in [0.25, 0.3) is 0 Å². The Kier molecular flexibility index (Phi) is 4.07. The summed E-state index contributed by atoms with van der Waals surface area (Å²) in [7, 11) is 1.35. The number of halogens is 1. The molecule has 1 aromatic heterocycles. The highest BCUT2D eigenvalue weighted by atomic mass is 19.1. The first-order valence-electron chi connectivity index (χ1n) is 5.72. The van der Waals surface area contributed by atoms with Crippen molar-refractivity contribution in [1.82, 2.24) is 4.98 Å². The lowest BCUT2D eigenvalue weighted by atomic mass is 10.1. The van der Waals surface area contributed by atoms with Gasteiger partial charge in [0.1, 0.15) is 0 Å². The van der Waals surface area contributed by atoms with E-state index >= 15 is 0 Å². The van der Waals surface area contributed by atoms with E-state index in [1.54, 1.807) is 18.2 Å². The van der Waals surface area contributed by atoms with E-state index in [2.05, 4.69) is 15.0 Å². The molecule has 0 aliphatic heterocycles. The number of ether oxygens (including phenoxy) is 1. The molecule has 4 nitrogen and oxygen atoms in total. The molecule has 2 aromatic rings. The van der Waals surface area contributed by atoms with Gasteiger partial charge in [0, 0.05) is 6.54 Å². The second-order valence-corrected chi connectivity index (χ2v) is 3.91. The number of pyridine rings is 1. The van der Waals surface area contributed by atoms with Crippen molar-refractivity contribution in [2.75, 3.05) is 12.4 Å². The van der Waals surface area contributed by atoms with Gasteiger partial charge in [0.2, 0.25) is 5.95 Å². The fourth-order valence-electron chi connectivity index (χ4n) is 1.56. The summed E-state index contributed by atoms with van der Waals surface area (Å²) in [5.41, 5.74) is 2.24. The Balaban J connectivity index is 1.96. The van der Waals surface area contributed by atoms with E-state index in [9.17, 15) is 9.18 Å². The van der Waals surface area contributed by atoms with Crippen molar-refractivity contribution >= 4 is 11.7 Å². The van der Waals surface area contributed by atoms with Crippen LogP contribution in [0.4, 0.5) is 10.1 Å². The van der Waals surface area contributed by atoms with Crippen molar-refractivity contribution < 1.29 is 13.9 Å². The van der Waals surface area contributed by atoms with Crippen molar-refractivity contribution in [1.29, 1.82) is 0 Å². The third-order valence-electron chi connectivity index (χ3n) is 2.60. The zero-order valence-electron chi connectivity index (χ0n) is 10.4. The van der Waals surface area contributed by atoms with Crippen molar-refractivity contribution in [2.24, 2.45) is 0 Å². The van der Waals surface area contributed by atoms with E-state index in [4.69, 9.17) is 0 Å². The molecule has 2 rings (SSSR count). The number of carbonyl (C=O) groups is 1. The maximum absolute atomic E-state index is 12.6. The average Bonchev–Trinajstić information content (AvgIpc) is 2.46. The van der Waals surface area contributed by atoms with Crippen LogP contribution in [0.15, 0.2) is 42.6 Å². The number of benzene rings is 1. The summed E-state index contributed by atoms with van der Waals surface area (Å²) < 4.78 is 17.2. The molecule has 1 heterocycles. The summed E-state index contributed by atoms with van der Waals surface area (Å²) >= 11 is 0. The van der Waals surface area contributed by atoms with Crippen LogP contribution in [0.25, 0.3) is 0 Å². The summed E-state index contributed by atoms with van der Waals surface area (Å²) in [5.74, 6) is -0.866. The second-order valence-electron chi connectivity index (χ2n) is 3.91. The van der Waals surface area contributed by atoms with E-state index < -0.39 is 5.95 Å². The number of nitrogens with one attached hydrogen (secondary N) is 1. The monoisotopic (exact) mass is 260 g/mol. The number of carbonyl (C=O) groups excluding carboxylic acids is 1. The fraction of sp³-hybridized carbons (Fsp3) is 0.143. The molecule has 0 radical (unpaired) electrons. The number of anilines is 1. The quantitative estimate of drug-likeness (QED) is 0.678. The number of rotatable bonds is 4. The van der Waals surface area contributed by atoms with Gasteiger partial charge in [-0.25, -0.2) is 9.78 Å². The zero-order chi connectivity index (χ0) is 13.7. The topological polar surface area (TPSA) is 51.2 Å². The third kappa shape index (κ3) is 3.51. The third-order valence-corrected chi connectivity index (χ3v) is 2.60. The van der Waals surface area contributed by atoms with Gasteiger partial charge in [-0.3, -0.25) is 0 Å². The predicted octanol–water partition coefficient (Wildman–Crippen LogP) is 2.62. The first-order valence-corrected chi connectivity index (χ1v) is 5.72. The molecule has 0 aliphatic rings. The van der Waals surface area contributed by atoms with E-state index in [1.165, 1.54) is 19.4 Å². The van der Waals surface area contributed by atoms with E-state index in [1.807, 2.05) is 12.1 Å². The lowest BCUT2D eigenvalue weighted by Gasteiger charge is -2.06. The second kappa shape index (κ2) is 5.95. The largest absolute Gasteiger partial charge is 0.465 e. The number of esters is 1. The van der Waals surface area contributed by atoms with Crippen molar-refractivity contribution in [3.63, 3.8) is 0 Å². The molecule has 0 amide bonds. The molecule has 0 saturated heterocycles. The highest BCUT2D eigenvalue weighted by Gasteiger charge is 2.04. The summed E-state index contributed by atoms with van der Waals surface area (Å²) in [6, 6.07) is 9.97. The summed E-state index contributed by atoms with van der Waals surface area (Å²) in [6.45, 7) is 0.564. The van der Waals surface area contributed by atoms with Gasteiger partial charge in [-0.15, -0.1) is 0 Å². The van der Waals surface area contributed by atoms with Crippen LogP contribution in [0.1, 0.15) is 15.9 Å². The molecule has 0 bridgehead atoms. The summed E-state index contributed by atoms with van der Waals surface area (Å²) in [4.78, 5) is 14.8. The van der Waals surface area contributed by atoms with Gasteiger partial charge < -0.3 is 10.1 Å². The molecule has 0 unspecified atom stereocenters. The molecule has 5 heteroatoms. The number of hydrogen-bond acceptors (Lipinski definition) is 4. The molecular weight excluding hydrogens is 247 g/mol. The van der Waals surface area contributed by atoms with E-state index in [0.29, 0.717) is 12.1 Å². The standard InChI is InChI=1S/C14H13FN2O2/c1-19-14(18)11-4-2-10(3-5-11)8-16-12-6-7-13(15)17-9-12/h2-7,9,16H,8H2,1H3. The highest BCUT2D eigenvalue weighted by Crippen LogP contribution is 2.10. The maximum atomic E-state index is 12.6. The normalized spacial score (nSPS) is 10.0.